The number of hydrogen-bond donors (Lipinski definition) is 2. The van der Waals surface area contributed by atoms with E-state index in [0.717, 1.165) is 17.7 Å². The first-order valence-corrected chi connectivity index (χ1v) is 9.27. The van der Waals surface area contributed by atoms with Crippen LogP contribution in [0.1, 0.15) is 40.5 Å². The van der Waals surface area contributed by atoms with Gasteiger partial charge in [-0.05, 0) is 42.5 Å². The highest BCUT2D eigenvalue weighted by molar-refractivity contribution is 7.10. The lowest BCUT2D eigenvalue weighted by molar-refractivity contribution is -0.141. The minimum Gasteiger partial charge on any atom is -0.469 e. The highest BCUT2D eigenvalue weighted by atomic mass is 32.1. The lowest BCUT2D eigenvalue weighted by atomic mass is 10.1. The SMILES string of the molecule is COC(=O)CC(NC(=O)c1cccc(NC(=O)C2CC2)c1)c1cccs1. The Morgan fingerprint density at radius 2 is 2.04 bits per heavy atom. The molecule has 3 rings (SSSR count). The molecular formula is C19H20N2O4S. The Hall–Kier alpha value is -2.67. The predicted molar refractivity (Wildman–Crippen MR) is 99.0 cm³/mol. The zero-order valence-electron chi connectivity index (χ0n) is 14.4. The topological polar surface area (TPSA) is 84.5 Å². The van der Waals surface area contributed by atoms with Gasteiger partial charge in [0.25, 0.3) is 5.91 Å². The van der Waals surface area contributed by atoms with Gasteiger partial charge < -0.3 is 15.4 Å². The highest BCUT2D eigenvalue weighted by Gasteiger charge is 2.29. The number of benzene rings is 1. The van der Waals surface area contributed by atoms with Gasteiger partial charge in [-0.2, -0.15) is 0 Å². The summed E-state index contributed by atoms with van der Waals surface area (Å²) < 4.78 is 4.72. The number of methoxy groups -OCH3 is 1. The predicted octanol–water partition coefficient (Wildman–Crippen LogP) is 3.13. The number of thiophene rings is 1. The van der Waals surface area contributed by atoms with E-state index in [1.807, 2.05) is 17.5 Å². The summed E-state index contributed by atoms with van der Waals surface area (Å²) in [7, 11) is 1.32. The Morgan fingerprint density at radius 1 is 1.23 bits per heavy atom. The van der Waals surface area contributed by atoms with Gasteiger partial charge in [-0.25, -0.2) is 0 Å². The van der Waals surface area contributed by atoms with Gasteiger partial charge in [-0.15, -0.1) is 11.3 Å². The normalized spacial score (nSPS) is 14.3. The van der Waals surface area contributed by atoms with Crippen molar-refractivity contribution in [1.82, 2.24) is 5.32 Å². The number of hydrogen-bond acceptors (Lipinski definition) is 5. The molecule has 0 spiro atoms. The fourth-order valence-corrected chi connectivity index (χ4v) is 3.31. The maximum atomic E-state index is 12.6. The number of amides is 2. The van der Waals surface area contributed by atoms with Crippen molar-refractivity contribution in [3.63, 3.8) is 0 Å². The first-order chi connectivity index (χ1) is 12.6. The fourth-order valence-electron chi connectivity index (χ4n) is 2.53. The van der Waals surface area contributed by atoms with E-state index in [2.05, 4.69) is 10.6 Å². The minimum atomic E-state index is -0.459. The van der Waals surface area contributed by atoms with E-state index < -0.39 is 12.0 Å². The molecule has 26 heavy (non-hydrogen) atoms. The van der Waals surface area contributed by atoms with Gasteiger partial charge in [0.15, 0.2) is 0 Å². The van der Waals surface area contributed by atoms with Crippen LogP contribution in [0.15, 0.2) is 41.8 Å². The standard InChI is InChI=1S/C19H20N2O4S/c1-25-17(22)11-15(16-6-3-9-26-16)21-19(24)13-4-2-5-14(10-13)20-18(23)12-7-8-12/h2-6,9-10,12,15H,7-8,11H2,1H3,(H,20,23)(H,21,24). The largest absolute Gasteiger partial charge is 0.469 e. The zero-order valence-corrected chi connectivity index (χ0v) is 15.2. The molecule has 1 aliphatic carbocycles. The van der Waals surface area contributed by atoms with Crippen molar-refractivity contribution < 1.29 is 19.1 Å². The van der Waals surface area contributed by atoms with Gasteiger partial charge in [0.05, 0.1) is 19.6 Å². The molecule has 1 unspecified atom stereocenters. The Kier molecular flexibility index (Phi) is 5.68. The summed E-state index contributed by atoms with van der Waals surface area (Å²) in [6.07, 6.45) is 1.89. The van der Waals surface area contributed by atoms with Crippen molar-refractivity contribution in [3.8, 4) is 0 Å². The zero-order chi connectivity index (χ0) is 18.5. The van der Waals surface area contributed by atoms with Crippen LogP contribution in [0.4, 0.5) is 5.69 Å². The molecule has 1 atom stereocenters. The highest BCUT2D eigenvalue weighted by Crippen LogP contribution is 2.30. The molecule has 136 valence electrons. The number of carbonyl (C=O) groups is 3. The van der Waals surface area contributed by atoms with E-state index in [9.17, 15) is 14.4 Å². The Balaban J connectivity index is 1.70. The molecule has 0 saturated heterocycles. The van der Waals surface area contributed by atoms with Crippen molar-refractivity contribution in [2.75, 3.05) is 12.4 Å². The molecule has 0 radical (unpaired) electrons. The fraction of sp³-hybridized carbons (Fsp3) is 0.316. The molecule has 2 amide bonds. The average Bonchev–Trinajstić information content (AvgIpc) is 3.36. The van der Waals surface area contributed by atoms with Crippen molar-refractivity contribution in [2.45, 2.75) is 25.3 Å². The molecule has 1 aliphatic rings. The van der Waals surface area contributed by atoms with Crippen molar-refractivity contribution in [1.29, 1.82) is 0 Å². The van der Waals surface area contributed by atoms with Gasteiger partial charge in [-0.3, -0.25) is 14.4 Å². The average molecular weight is 372 g/mol. The van der Waals surface area contributed by atoms with Crippen LogP contribution in [-0.2, 0) is 14.3 Å². The molecule has 7 heteroatoms. The number of esters is 1. The van der Waals surface area contributed by atoms with E-state index in [1.54, 1.807) is 24.3 Å². The number of anilines is 1. The third-order valence-corrected chi connectivity index (χ3v) is 5.12. The van der Waals surface area contributed by atoms with Gasteiger partial charge in [0.1, 0.15) is 0 Å². The summed E-state index contributed by atoms with van der Waals surface area (Å²) in [6, 6.07) is 10.1. The molecular weight excluding hydrogens is 352 g/mol. The summed E-state index contributed by atoms with van der Waals surface area (Å²) in [5, 5.41) is 7.59. The maximum absolute atomic E-state index is 12.6. The second kappa shape index (κ2) is 8.14. The van der Waals surface area contributed by atoms with E-state index in [0.29, 0.717) is 11.3 Å². The van der Waals surface area contributed by atoms with Crippen LogP contribution in [0.2, 0.25) is 0 Å². The van der Waals surface area contributed by atoms with Crippen LogP contribution in [0.5, 0.6) is 0 Å². The van der Waals surface area contributed by atoms with Gasteiger partial charge in [0.2, 0.25) is 5.91 Å². The molecule has 2 aromatic rings. The van der Waals surface area contributed by atoms with E-state index in [1.165, 1.54) is 18.4 Å². The second-order valence-corrected chi connectivity index (χ2v) is 7.15. The first-order valence-electron chi connectivity index (χ1n) is 8.39. The van der Waals surface area contributed by atoms with Gasteiger partial charge in [0, 0.05) is 22.0 Å². The lowest BCUT2D eigenvalue weighted by Gasteiger charge is -2.17. The molecule has 1 saturated carbocycles. The molecule has 1 aromatic heterocycles. The molecule has 0 bridgehead atoms. The first kappa shape index (κ1) is 18.1. The van der Waals surface area contributed by atoms with E-state index >= 15 is 0 Å². The minimum absolute atomic E-state index is 0.00953. The number of rotatable bonds is 7. The molecule has 1 heterocycles. The van der Waals surface area contributed by atoms with E-state index in [4.69, 9.17) is 4.74 Å². The van der Waals surface area contributed by atoms with E-state index in [-0.39, 0.29) is 24.2 Å². The maximum Gasteiger partial charge on any atom is 0.307 e. The summed E-state index contributed by atoms with van der Waals surface area (Å²) in [6.45, 7) is 0. The smallest absolute Gasteiger partial charge is 0.307 e. The van der Waals surface area contributed by atoms with Crippen LogP contribution in [0.3, 0.4) is 0 Å². The van der Waals surface area contributed by atoms with Crippen molar-refractivity contribution in [3.05, 3.63) is 52.2 Å². The molecule has 6 nitrogen and oxygen atoms in total. The van der Waals surface area contributed by atoms with Crippen LogP contribution in [0, 0.1) is 5.92 Å². The Bertz CT molecular complexity index is 800. The molecule has 1 aromatic carbocycles. The third kappa shape index (κ3) is 4.70. The third-order valence-electron chi connectivity index (χ3n) is 4.13. The van der Waals surface area contributed by atoms with Gasteiger partial charge >= 0.3 is 5.97 Å². The summed E-state index contributed by atoms with van der Waals surface area (Å²) >= 11 is 1.46. The van der Waals surface area contributed by atoms with Crippen LogP contribution in [0.25, 0.3) is 0 Å². The quantitative estimate of drug-likeness (QED) is 0.732. The monoisotopic (exact) mass is 372 g/mol. The number of nitrogens with one attached hydrogen (secondary N) is 2. The van der Waals surface area contributed by atoms with Gasteiger partial charge in [-0.1, -0.05) is 12.1 Å². The second-order valence-electron chi connectivity index (χ2n) is 6.17. The summed E-state index contributed by atoms with van der Waals surface area (Å²) in [5.74, 6) is -0.621. The summed E-state index contributed by atoms with van der Waals surface area (Å²) in [5.41, 5.74) is 1.01. The van der Waals surface area contributed by atoms with Crippen LogP contribution in [-0.4, -0.2) is 24.9 Å². The number of carbonyl (C=O) groups excluding carboxylic acids is 3. The Morgan fingerprint density at radius 3 is 2.69 bits per heavy atom. The van der Waals surface area contributed by atoms with Crippen molar-refractivity contribution in [2.24, 2.45) is 5.92 Å². The molecule has 1 fully saturated rings. The van der Waals surface area contributed by atoms with Crippen LogP contribution >= 0.6 is 11.3 Å². The van der Waals surface area contributed by atoms with Crippen LogP contribution < -0.4 is 10.6 Å². The number of ether oxygens (including phenoxy) is 1. The lowest BCUT2D eigenvalue weighted by Crippen LogP contribution is -2.30. The Labute approximate surface area is 155 Å². The summed E-state index contributed by atoms with van der Waals surface area (Å²) in [4.78, 5) is 37.1. The molecule has 2 N–H and O–H groups in total. The van der Waals surface area contributed by atoms with Crippen molar-refractivity contribution >= 4 is 34.8 Å². The molecule has 0 aliphatic heterocycles.